The van der Waals surface area contributed by atoms with Crippen molar-refractivity contribution in [1.82, 2.24) is 15.3 Å². The van der Waals surface area contributed by atoms with Gasteiger partial charge in [-0.1, -0.05) is 6.42 Å². The predicted molar refractivity (Wildman–Crippen MR) is 80.3 cm³/mol. The number of hydrogen-bond donors (Lipinski definition) is 1. The van der Waals surface area contributed by atoms with E-state index in [2.05, 4.69) is 15.3 Å². The van der Waals surface area contributed by atoms with Crippen molar-refractivity contribution in [3.63, 3.8) is 0 Å². The molecule has 2 aliphatic rings. The molecule has 1 aliphatic carbocycles. The van der Waals surface area contributed by atoms with Crippen LogP contribution in [0.15, 0.2) is 6.33 Å². The average Bonchev–Trinajstić information content (AvgIpc) is 2.88. The van der Waals surface area contributed by atoms with Gasteiger partial charge in [0.25, 0.3) is 0 Å². The fraction of sp³-hybridized carbons (Fsp3) is 0.600. The molecule has 20 heavy (non-hydrogen) atoms. The van der Waals surface area contributed by atoms with Crippen LogP contribution in [0.3, 0.4) is 0 Å². The van der Waals surface area contributed by atoms with Gasteiger partial charge in [0, 0.05) is 18.0 Å². The first-order valence-electron chi connectivity index (χ1n) is 7.54. The lowest BCUT2D eigenvalue weighted by atomic mass is 9.98. The van der Waals surface area contributed by atoms with Crippen molar-refractivity contribution in [3.05, 3.63) is 16.8 Å². The van der Waals surface area contributed by atoms with E-state index in [1.165, 1.54) is 29.7 Å². The SMILES string of the molecule is c1nc(OC2CCCCC2)c2c3c(sc2n1)CCNC3. The molecule has 1 aliphatic heterocycles. The molecule has 0 unspecified atom stereocenters. The number of fused-ring (bicyclic) bond motifs is 3. The van der Waals surface area contributed by atoms with Crippen molar-refractivity contribution < 1.29 is 4.74 Å². The number of nitrogens with zero attached hydrogens (tertiary/aromatic N) is 2. The lowest BCUT2D eigenvalue weighted by Gasteiger charge is -2.23. The van der Waals surface area contributed by atoms with E-state index in [9.17, 15) is 0 Å². The van der Waals surface area contributed by atoms with Crippen molar-refractivity contribution in [3.8, 4) is 5.88 Å². The number of thiophene rings is 1. The van der Waals surface area contributed by atoms with Gasteiger partial charge >= 0.3 is 0 Å². The lowest BCUT2D eigenvalue weighted by Crippen LogP contribution is -2.23. The highest BCUT2D eigenvalue weighted by Crippen LogP contribution is 2.37. The summed E-state index contributed by atoms with van der Waals surface area (Å²) in [5.74, 6) is 0.808. The average molecular weight is 289 g/mol. The topological polar surface area (TPSA) is 47.0 Å². The minimum absolute atomic E-state index is 0.342. The van der Waals surface area contributed by atoms with Gasteiger partial charge in [0.2, 0.25) is 5.88 Å². The van der Waals surface area contributed by atoms with Gasteiger partial charge in [-0.3, -0.25) is 0 Å². The van der Waals surface area contributed by atoms with Gasteiger partial charge < -0.3 is 10.1 Å². The molecule has 1 fully saturated rings. The third-order valence-corrected chi connectivity index (χ3v) is 5.50. The van der Waals surface area contributed by atoms with E-state index in [4.69, 9.17) is 4.74 Å². The lowest BCUT2D eigenvalue weighted by molar-refractivity contribution is 0.150. The summed E-state index contributed by atoms with van der Waals surface area (Å²) in [7, 11) is 0. The van der Waals surface area contributed by atoms with Crippen LogP contribution in [0.1, 0.15) is 42.5 Å². The van der Waals surface area contributed by atoms with Gasteiger partial charge in [-0.15, -0.1) is 11.3 Å². The Balaban J connectivity index is 1.72. The maximum absolute atomic E-state index is 6.22. The van der Waals surface area contributed by atoms with Crippen molar-refractivity contribution in [2.45, 2.75) is 51.2 Å². The Kier molecular flexibility index (Phi) is 3.32. The molecule has 4 nitrogen and oxygen atoms in total. The van der Waals surface area contributed by atoms with E-state index in [1.807, 2.05) is 0 Å². The molecule has 1 saturated carbocycles. The zero-order valence-corrected chi connectivity index (χ0v) is 12.3. The Hall–Kier alpha value is -1.20. The fourth-order valence-electron chi connectivity index (χ4n) is 3.24. The van der Waals surface area contributed by atoms with Gasteiger partial charge in [-0.05, 0) is 37.7 Å². The van der Waals surface area contributed by atoms with Crippen molar-refractivity contribution in [2.75, 3.05) is 6.54 Å². The minimum atomic E-state index is 0.342. The highest BCUT2D eigenvalue weighted by Gasteiger charge is 2.22. The van der Waals surface area contributed by atoms with Crippen LogP contribution in [0.4, 0.5) is 0 Å². The molecular formula is C15H19N3OS. The zero-order valence-electron chi connectivity index (χ0n) is 11.5. The number of hydrogen-bond acceptors (Lipinski definition) is 5. The summed E-state index contributed by atoms with van der Waals surface area (Å²) in [6.45, 7) is 1.98. The quantitative estimate of drug-likeness (QED) is 0.923. The van der Waals surface area contributed by atoms with Crippen molar-refractivity contribution in [2.24, 2.45) is 0 Å². The van der Waals surface area contributed by atoms with Crippen LogP contribution >= 0.6 is 11.3 Å². The summed E-state index contributed by atoms with van der Waals surface area (Å²) < 4.78 is 6.22. The van der Waals surface area contributed by atoms with E-state index in [-0.39, 0.29) is 0 Å². The van der Waals surface area contributed by atoms with Crippen LogP contribution in [-0.4, -0.2) is 22.6 Å². The predicted octanol–water partition coefficient (Wildman–Crippen LogP) is 3.05. The van der Waals surface area contributed by atoms with Crippen LogP contribution < -0.4 is 10.1 Å². The maximum Gasteiger partial charge on any atom is 0.225 e. The molecule has 0 amide bonds. The molecule has 4 rings (SSSR count). The molecular weight excluding hydrogens is 270 g/mol. The van der Waals surface area contributed by atoms with Gasteiger partial charge in [0.05, 0.1) is 5.39 Å². The molecule has 0 spiro atoms. The van der Waals surface area contributed by atoms with E-state index in [0.717, 1.165) is 48.4 Å². The minimum Gasteiger partial charge on any atom is -0.474 e. The Morgan fingerprint density at radius 2 is 2.10 bits per heavy atom. The normalized spacial score (nSPS) is 20.0. The summed E-state index contributed by atoms with van der Waals surface area (Å²) in [6.07, 6.45) is 9.32. The maximum atomic E-state index is 6.22. The van der Waals surface area contributed by atoms with Crippen LogP contribution in [0.2, 0.25) is 0 Å². The summed E-state index contributed by atoms with van der Waals surface area (Å²) in [6, 6.07) is 0. The number of ether oxygens (including phenoxy) is 1. The molecule has 1 N–H and O–H groups in total. The third-order valence-electron chi connectivity index (χ3n) is 4.30. The number of rotatable bonds is 2. The van der Waals surface area contributed by atoms with Crippen LogP contribution in [0.5, 0.6) is 5.88 Å². The molecule has 0 bridgehead atoms. The largest absolute Gasteiger partial charge is 0.474 e. The van der Waals surface area contributed by atoms with Crippen LogP contribution in [0.25, 0.3) is 10.2 Å². The second-order valence-electron chi connectivity index (χ2n) is 5.67. The Bertz CT molecular complexity index is 619. The number of aromatic nitrogens is 2. The smallest absolute Gasteiger partial charge is 0.225 e. The second-order valence-corrected chi connectivity index (χ2v) is 6.75. The van der Waals surface area contributed by atoms with Crippen LogP contribution in [0, 0.1) is 0 Å². The second kappa shape index (κ2) is 5.30. The summed E-state index contributed by atoms with van der Waals surface area (Å²) in [5, 5.41) is 4.60. The molecule has 0 saturated heterocycles. The van der Waals surface area contributed by atoms with E-state index in [0.29, 0.717) is 6.10 Å². The highest BCUT2D eigenvalue weighted by molar-refractivity contribution is 7.18. The van der Waals surface area contributed by atoms with Gasteiger partial charge in [-0.2, -0.15) is 0 Å². The van der Waals surface area contributed by atoms with E-state index in [1.54, 1.807) is 17.7 Å². The fourth-order valence-corrected chi connectivity index (χ4v) is 4.39. The molecule has 5 heteroatoms. The first-order chi connectivity index (χ1) is 9.92. The first kappa shape index (κ1) is 12.5. The number of nitrogens with one attached hydrogen (secondary N) is 1. The standard InChI is InChI=1S/C15H19N3OS/c1-2-4-10(5-3-1)19-14-13-11-8-16-7-6-12(11)20-15(13)18-9-17-14/h9-10,16H,1-8H2. The monoisotopic (exact) mass is 289 g/mol. The van der Waals surface area contributed by atoms with Gasteiger partial charge in [0.15, 0.2) is 0 Å². The molecule has 2 aromatic rings. The zero-order chi connectivity index (χ0) is 13.4. The highest BCUT2D eigenvalue weighted by atomic mass is 32.1. The molecule has 3 heterocycles. The third kappa shape index (κ3) is 2.19. The van der Waals surface area contributed by atoms with Crippen LogP contribution in [-0.2, 0) is 13.0 Å². The molecule has 106 valence electrons. The van der Waals surface area contributed by atoms with Gasteiger partial charge in [0.1, 0.15) is 17.3 Å². The molecule has 2 aromatic heterocycles. The summed E-state index contributed by atoms with van der Waals surface area (Å²) >= 11 is 1.80. The Labute approximate surface area is 122 Å². The summed E-state index contributed by atoms with van der Waals surface area (Å²) in [4.78, 5) is 11.4. The van der Waals surface area contributed by atoms with Crippen molar-refractivity contribution in [1.29, 1.82) is 0 Å². The first-order valence-corrected chi connectivity index (χ1v) is 8.36. The molecule has 0 radical (unpaired) electrons. The Morgan fingerprint density at radius 1 is 1.20 bits per heavy atom. The molecule has 0 aromatic carbocycles. The van der Waals surface area contributed by atoms with E-state index < -0.39 is 0 Å². The summed E-state index contributed by atoms with van der Waals surface area (Å²) in [5.41, 5.74) is 1.36. The Morgan fingerprint density at radius 3 is 3.00 bits per heavy atom. The van der Waals surface area contributed by atoms with Crippen molar-refractivity contribution >= 4 is 21.6 Å². The van der Waals surface area contributed by atoms with Gasteiger partial charge in [-0.25, -0.2) is 9.97 Å². The van der Waals surface area contributed by atoms with E-state index >= 15 is 0 Å². The molecule has 0 atom stereocenters.